The molecule has 0 aliphatic carbocycles. The van der Waals surface area contributed by atoms with Gasteiger partial charge in [0.05, 0.1) is 23.4 Å². The van der Waals surface area contributed by atoms with Crippen LogP contribution in [0.2, 0.25) is 0 Å². The van der Waals surface area contributed by atoms with Crippen LogP contribution in [0.25, 0.3) is 0 Å². The Hall–Kier alpha value is -0.620. The van der Waals surface area contributed by atoms with Crippen LogP contribution >= 0.6 is 11.6 Å². The Balaban J connectivity index is 2.66. The number of sulfone groups is 1. The zero-order chi connectivity index (χ0) is 11.5. The summed E-state index contributed by atoms with van der Waals surface area (Å²) < 4.78 is 24.6. The molecule has 0 amide bonds. The summed E-state index contributed by atoms with van der Waals surface area (Å²) in [5.41, 5.74) is 0. The Morgan fingerprint density at radius 2 is 2.20 bits per heavy atom. The van der Waals surface area contributed by atoms with Gasteiger partial charge in [0.25, 0.3) is 0 Å². The molecule has 0 radical (unpaired) electrons. The van der Waals surface area contributed by atoms with Gasteiger partial charge in [-0.2, -0.15) is 5.10 Å². The highest BCUT2D eigenvalue weighted by Gasteiger charge is 2.16. The number of alkyl halides is 1. The fourth-order valence-electron chi connectivity index (χ4n) is 1.03. The highest BCUT2D eigenvalue weighted by atomic mass is 35.5. The van der Waals surface area contributed by atoms with Crippen molar-refractivity contribution >= 4 is 21.4 Å². The van der Waals surface area contributed by atoms with Crippen molar-refractivity contribution in [2.24, 2.45) is 0 Å². The summed E-state index contributed by atoms with van der Waals surface area (Å²) in [6, 6.07) is 0. The quantitative estimate of drug-likeness (QED) is 0.728. The second-order valence-corrected chi connectivity index (χ2v) is 6.39. The maximum absolute atomic E-state index is 11.5. The molecular weight excluding hydrogens is 238 g/mol. The van der Waals surface area contributed by atoms with Crippen molar-refractivity contribution in [3.63, 3.8) is 0 Å². The van der Waals surface area contributed by atoms with Gasteiger partial charge in [-0.3, -0.25) is 0 Å². The van der Waals surface area contributed by atoms with Crippen LogP contribution in [-0.4, -0.2) is 34.2 Å². The SMILES string of the molecule is CC(C)S(=O)(=O)CCn1ncnc1CCl. The van der Waals surface area contributed by atoms with Crippen LogP contribution in [0, 0.1) is 0 Å². The molecule has 0 aliphatic rings. The molecule has 1 aromatic rings. The first-order valence-corrected chi connectivity index (χ1v) is 6.86. The minimum Gasteiger partial charge on any atom is -0.248 e. The van der Waals surface area contributed by atoms with Gasteiger partial charge in [0.1, 0.15) is 12.2 Å². The van der Waals surface area contributed by atoms with Gasteiger partial charge in [0, 0.05) is 0 Å². The van der Waals surface area contributed by atoms with Crippen LogP contribution in [0.15, 0.2) is 6.33 Å². The topological polar surface area (TPSA) is 64.8 Å². The predicted molar refractivity (Wildman–Crippen MR) is 58.5 cm³/mol. The van der Waals surface area contributed by atoms with Crippen LogP contribution < -0.4 is 0 Å². The number of hydrogen-bond acceptors (Lipinski definition) is 4. The Kier molecular flexibility index (Phi) is 4.10. The van der Waals surface area contributed by atoms with Gasteiger partial charge < -0.3 is 0 Å². The van der Waals surface area contributed by atoms with Crippen molar-refractivity contribution in [3.8, 4) is 0 Å². The van der Waals surface area contributed by atoms with E-state index in [0.29, 0.717) is 12.4 Å². The number of nitrogens with zero attached hydrogens (tertiary/aromatic N) is 3. The average molecular weight is 252 g/mol. The van der Waals surface area contributed by atoms with E-state index in [4.69, 9.17) is 11.6 Å². The normalized spacial score (nSPS) is 12.3. The number of halogens is 1. The number of rotatable bonds is 5. The van der Waals surface area contributed by atoms with Gasteiger partial charge >= 0.3 is 0 Å². The molecule has 5 nitrogen and oxygen atoms in total. The smallest absolute Gasteiger partial charge is 0.154 e. The molecule has 0 aromatic carbocycles. The van der Waals surface area contributed by atoms with Crippen molar-refractivity contribution in [3.05, 3.63) is 12.2 Å². The van der Waals surface area contributed by atoms with Gasteiger partial charge in [-0.1, -0.05) is 0 Å². The van der Waals surface area contributed by atoms with Crippen LogP contribution in [-0.2, 0) is 22.3 Å². The molecule has 1 rings (SSSR count). The fraction of sp³-hybridized carbons (Fsp3) is 0.750. The van der Waals surface area contributed by atoms with Crippen LogP contribution in [0.5, 0.6) is 0 Å². The third-order valence-electron chi connectivity index (χ3n) is 2.12. The van der Waals surface area contributed by atoms with Gasteiger partial charge in [-0.15, -0.1) is 11.6 Å². The second kappa shape index (κ2) is 4.94. The summed E-state index contributed by atoms with van der Waals surface area (Å²) in [6.07, 6.45) is 1.37. The van der Waals surface area contributed by atoms with E-state index in [1.165, 1.54) is 11.0 Å². The first-order valence-electron chi connectivity index (χ1n) is 4.61. The lowest BCUT2D eigenvalue weighted by molar-refractivity contribution is 0.568. The van der Waals surface area contributed by atoms with Gasteiger partial charge in [0.15, 0.2) is 9.84 Å². The zero-order valence-electron chi connectivity index (χ0n) is 8.72. The Morgan fingerprint density at radius 3 is 2.73 bits per heavy atom. The standard InChI is InChI=1S/C8H14ClN3O2S/c1-7(2)15(13,14)4-3-12-8(5-9)10-6-11-12/h6-7H,3-5H2,1-2H3. The molecule has 15 heavy (non-hydrogen) atoms. The van der Waals surface area contributed by atoms with Crippen molar-refractivity contribution in [1.82, 2.24) is 14.8 Å². The highest BCUT2D eigenvalue weighted by Crippen LogP contribution is 2.04. The molecule has 86 valence electrons. The summed E-state index contributed by atoms with van der Waals surface area (Å²) in [5, 5.41) is 3.55. The molecular formula is C8H14ClN3O2S. The highest BCUT2D eigenvalue weighted by molar-refractivity contribution is 7.91. The van der Waals surface area contributed by atoms with E-state index in [0.717, 1.165) is 0 Å². The van der Waals surface area contributed by atoms with Crippen LogP contribution in [0.4, 0.5) is 0 Å². The first-order chi connectivity index (χ1) is 6.97. The molecule has 0 N–H and O–H groups in total. The minimum absolute atomic E-state index is 0.0674. The summed E-state index contributed by atoms with van der Waals surface area (Å²) in [6.45, 7) is 3.64. The Labute approximate surface area is 94.4 Å². The monoisotopic (exact) mass is 251 g/mol. The Morgan fingerprint density at radius 1 is 1.53 bits per heavy atom. The number of aromatic nitrogens is 3. The van der Waals surface area contributed by atoms with Crippen molar-refractivity contribution in [2.45, 2.75) is 31.5 Å². The van der Waals surface area contributed by atoms with Crippen LogP contribution in [0.3, 0.4) is 0 Å². The summed E-state index contributed by atoms with van der Waals surface area (Å²) >= 11 is 5.61. The minimum atomic E-state index is -3.03. The van der Waals surface area contributed by atoms with E-state index in [2.05, 4.69) is 10.1 Å². The summed E-state index contributed by atoms with van der Waals surface area (Å²) in [5.74, 6) is 0.898. The maximum atomic E-state index is 11.5. The second-order valence-electron chi connectivity index (χ2n) is 3.45. The lowest BCUT2D eigenvalue weighted by Crippen LogP contribution is -2.22. The van der Waals surface area contributed by atoms with E-state index < -0.39 is 9.84 Å². The van der Waals surface area contributed by atoms with E-state index in [1.54, 1.807) is 13.8 Å². The molecule has 0 unspecified atom stereocenters. The van der Waals surface area contributed by atoms with Crippen molar-refractivity contribution in [1.29, 1.82) is 0 Å². The van der Waals surface area contributed by atoms with Gasteiger partial charge in [-0.05, 0) is 13.8 Å². The van der Waals surface area contributed by atoms with Crippen LogP contribution in [0.1, 0.15) is 19.7 Å². The molecule has 0 bridgehead atoms. The van der Waals surface area contributed by atoms with E-state index in [-0.39, 0.29) is 16.9 Å². The molecule has 0 spiro atoms. The van der Waals surface area contributed by atoms with Gasteiger partial charge in [-0.25, -0.2) is 18.1 Å². The molecule has 0 saturated carbocycles. The maximum Gasteiger partial charge on any atom is 0.154 e. The average Bonchev–Trinajstić information content (AvgIpc) is 2.61. The fourth-order valence-corrected chi connectivity index (χ4v) is 2.13. The third-order valence-corrected chi connectivity index (χ3v) is 4.55. The Bertz CT molecular complexity index is 413. The van der Waals surface area contributed by atoms with E-state index in [9.17, 15) is 8.42 Å². The molecule has 0 aliphatic heterocycles. The lowest BCUT2D eigenvalue weighted by Gasteiger charge is -2.08. The summed E-state index contributed by atoms with van der Waals surface area (Å²) in [4.78, 5) is 3.91. The predicted octanol–water partition coefficient (Wildman–Crippen LogP) is 0.840. The van der Waals surface area contributed by atoms with Crippen molar-refractivity contribution in [2.75, 3.05) is 5.75 Å². The van der Waals surface area contributed by atoms with Crippen molar-refractivity contribution < 1.29 is 8.42 Å². The van der Waals surface area contributed by atoms with E-state index >= 15 is 0 Å². The molecule has 1 aromatic heterocycles. The molecule has 0 fully saturated rings. The third kappa shape index (κ3) is 3.17. The van der Waals surface area contributed by atoms with Gasteiger partial charge in [0.2, 0.25) is 0 Å². The largest absolute Gasteiger partial charge is 0.248 e. The first kappa shape index (κ1) is 12.4. The zero-order valence-corrected chi connectivity index (χ0v) is 10.3. The lowest BCUT2D eigenvalue weighted by atomic mass is 10.6. The number of aryl methyl sites for hydroxylation is 1. The number of hydrogen-bond donors (Lipinski definition) is 0. The van der Waals surface area contributed by atoms with E-state index in [1.807, 2.05) is 0 Å². The molecule has 0 atom stereocenters. The molecule has 0 saturated heterocycles. The summed E-state index contributed by atoms with van der Waals surface area (Å²) in [7, 11) is -3.03. The molecule has 7 heteroatoms. The molecule has 1 heterocycles.